The van der Waals surface area contributed by atoms with E-state index in [-0.39, 0.29) is 35.2 Å². The molecule has 0 spiro atoms. The smallest absolute Gasteiger partial charge is 0.258 e. The van der Waals surface area contributed by atoms with E-state index in [9.17, 15) is 10.1 Å². The minimum atomic E-state index is -0.520. The topological polar surface area (TPSA) is 43.1 Å². The van der Waals surface area contributed by atoms with Crippen molar-refractivity contribution >= 4 is 29.9 Å². The summed E-state index contributed by atoms with van der Waals surface area (Å²) >= 11 is 9.41. The maximum absolute atomic E-state index is 10.3. The fourth-order valence-electron chi connectivity index (χ4n) is 0.643. The fraction of sp³-hybridized carbons (Fsp3) is 0. The zero-order valence-electron chi connectivity index (χ0n) is 6.32. The van der Waals surface area contributed by atoms with Gasteiger partial charge in [-0.05, 0) is 12.1 Å². The van der Waals surface area contributed by atoms with Crippen LogP contribution in [0.5, 0.6) is 0 Å². The van der Waals surface area contributed by atoms with E-state index in [0.29, 0.717) is 9.92 Å². The van der Waals surface area contributed by atoms with Gasteiger partial charge < -0.3 is 0 Å². The van der Waals surface area contributed by atoms with Gasteiger partial charge >= 0.3 is 29.6 Å². The number of nitrogens with zero attached hydrogens (tertiary/aromatic N) is 1. The Morgan fingerprint density at radius 2 is 2.08 bits per heavy atom. The van der Waals surface area contributed by atoms with E-state index >= 15 is 0 Å². The van der Waals surface area contributed by atoms with Crippen LogP contribution in [0.2, 0.25) is 5.02 Å². The second kappa shape index (κ2) is 5.09. The first-order valence-corrected chi connectivity index (χ1v) is 3.56. The molecule has 0 atom stereocenters. The SMILES string of the molecule is O=[N+]([O-])c1cc(Cl)ccc1S.[Na+]. The molecule has 0 aliphatic carbocycles. The second-order valence-corrected chi connectivity index (χ2v) is 2.81. The number of nitro groups is 1. The zero-order valence-corrected chi connectivity index (χ0v) is 9.97. The Morgan fingerprint density at radius 3 is 2.50 bits per heavy atom. The van der Waals surface area contributed by atoms with Crippen molar-refractivity contribution in [3.8, 4) is 0 Å². The number of hydrogen-bond acceptors (Lipinski definition) is 3. The van der Waals surface area contributed by atoms with Crippen molar-refractivity contribution in [1.29, 1.82) is 0 Å². The summed E-state index contributed by atoms with van der Waals surface area (Å²) in [6.07, 6.45) is 0. The molecular weight excluding hydrogens is 209 g/mol. The normalized spacial score (nSPS) is 8.83. The van der Waals surface area contributed by atoms with Crippen LogP contribution in [0.15, 0.2) is 23.1 Å². The van der Waals surface area contributed by atoms with E-state index in [0.717, 1.165) is 0 Å². The Hall–Kier alpha value is 0.260. The Morgan fingerprint density at radius 1 is 1.50 bits per heavy atom. The van der Waals surface area contributed by atoms with Crippen LogP contribution in [0.4, 0.5) is 5.69 Å². The Labute approximate surface area is 102 Å². The van der Waals surface area contributed by atoms with Crippen molar-refractivity contribution in [3.05, 3.63) is 33.3 Å². The second-order valence-electron chi connectivity index (χ2n) is 1.89. The van der Waals surface area contributed by atoms with Crippen LogP contribution in [-0.2, 0) is 0 Å². The van der Waals surface area contributed by atoms with Gasteiger partial charge in [0.15, 0.2) is 0 Å². The predicted octanol–water partition coefficient (Wildman–Crippen LogP) is -0.459. The third-order valence-corrected chi connectivity index (χ3v) is 1.75. The van der Waals surface area contributed by atoms with E-state index in [1.165, 1.54) is 12.1 Å². The van der Waals surface area contributed by atoms with Gasteiger partial charge in [0.1, 0.15) is 0 Å². The summed E-state index contributed by atoms with van der Waals surface area (Å²) < 4.78 is 0. The van der Waals surface area contributed by atoms with Gasteiger partial charge in [0.05, 0.1) is 9.82 Å². The average Bonchev–Trinajstić information content (AvgIpc) is 1.94. The molecule has 6 heteroatoms. The van der Waals surface area contributed by atoms with E-state index in [1.807, 2.05) is 0 Å². The molecule has 0 N–H and O–H groups in total. The molecular formula is C6H4ClNNaO2S+. The molecule has 3 nitrogen and oxygen atoms in total. The van der Waals surface area contributed by atoms with Gasteiger partial charge in [-0.2, -0.15) is 0 Å². The van der Waals surface area contributed by atoms with Crippen LogP contribution in [0.25, 0.3) is 0 Å². The molecule has 1 aromatic carbocycles. The molecule has 0 heterocycles. The van der Waals surface area contributed by atoms with E-state index in [1.54, 1.807) is 6.07 Å². The van der Waals surface area contributed by atoms with Crippen molar-refractivity contribution in [1.82, 2.24) is 0 Å². The first-order valence-electron chi connectivity index (χ1n) is 2.74. The van der Waals surface area contributed by atoms with Gasteiger partial charge in [0.2, 0.25) is 0 Å². The molecule has 12 heavy (non-hydrogen) atoms. The molecule has 0 saturated heterocycles. The van der Waals surface area contributed by atoms with Gasteiger partial charge in [0, 0.05) is 11.1 Å². The van der Waals surface area contributed by atoms with Crippen LogP contribution in [-0.4, -0.2) is 4.92 Å². The summed E-state index contributed by atoms with van der Waals surface area (Å²) in [4.78, 5) is 10.1. The Kier molecular flexibility index (Phi) is 5.20. The average molecular weight is 213 g/mol. The van der Waals surface area contributed by atoms with Gasteiger partial charge in [0.25, 0.3) is 5.69 Å². The number of halogens is 1. The molecule has 1 aromatic rings. The maximum atomic E-state index is 10.3. The number of hydrogen-bond donors (Lipinski definition) is 1. The number of thiol groups is 1. The van der Waals surface area contributed by atoms with Crippen LogP contribution >= 0.6 is 24.2 Å². The molecule has 0 amide bonds. The third-order valence-electron chi connectivity index (χ3n) is 1.13. The minimum absolute atomic E-state index is 0. The Balaban J connectivity index is 0.00000121. The van der Waals surface area contributed by atoms with Crippen molar-refractivity contribution in [2.24, 2.45) is 0 Å². The standard InChI is InChI=1S/C6H4ClNO2S.Na/c7-4-1-2-6(11)5(3-4)8(9)10;/h1-3,11H;/q;+1. The molecule has 0 saturated carbocycles. The largest absolute Gasteiger partial charge is 1.00 e. The van der Waals surface area contributed by atoms with Gasteiger partial charge in [-0.25, -0.2) is 0 Å². The van der Waals surface area contributed by atoms with E-state index in [2.05, 4.69) is 12.6 Å². The molecule has 58 valence electrons. The quantitative estimate of drug-likeness (QED) is 0.296. The molecule has 0 fully saturated rings. The molecule has 0 aliphatic rings. The van der Waals surface area contributed by atoms with Gasteiger partial charge in [-0.1, -0.05) is 11.6 Å². The molecule has 0 aromatic heterocycles. The van der Waals surface area contributed by atoms with Crippen molar-refractivity contribution in [2.75, 3.05) is 0 Å². The molecule has 1 rings (SSSR count). The van der Waals surface area contributed by atoms with Crippen molar-refractivity contribution in [2.45, 2.75) is 4.90 Å². The summed E-state index contributed by atoms with van der Waals surface area (Å²) in [5.41, 5.74) is -0.0687. The zero-order chi connectivity index (χ0) is 8.43. The fourth-order valence-corrected chi connectivity index (χ4v) is 1.03. The van der Waals surface area contributed by atoms with Gasteiger partial charge in [-0.3, -0.25) is 10.1 Å². The van der Waals surface area contributed by atoms with Crippen molar-refractivity contribution in [3.63, 3.8) is 0 Å². The maximum Gasteiger partial charge on any atom is 1.00 e. The van der Waals surface area contributed by atoms with Crippen LogP contribution in [0.3, 0.4) is 0 Å². The summed E-state index contributed by atoms with van der Waals surface area (Å²) in [5.74, 6) is 0. The summed E-state index contributed by atoms with van der Waals surface area (Å²) in [5, 5.41) is 10.6. The van der Waals surface area contributed by atoms with E-state index in [4.69, 9.17) is 11.6 Å². The first-order chi connectivity index (χ1) is 5.11. The predicted molar refractivity (Wildman–Crippen MR) is 45.4 cm³/mol. The number of nitro benzene ring substituents is 1. The minimum Gasteiger partial charge on any atom is -0.258 e. The summed E-state index contributed by atoms with van der Waals surface area (Å²) in [6.45, 7) is 0. The number of benzene rings is 1. The van der Waals surface area contributed by atoms with E-state index < -0.39 is 4.92 Å². The molecule has 0 aliphatic heterocycles. The first kappa shape index (κ1) is 12.3. The van der Waals surface area contributed by atoms with Crippen molar-refractivity contribution < 1.29 is 34.5 Å². The van der Waals surface area contributed by atoms with Crippen LogP contribution in [0, 0.1) is 10.1 Å². The molecule has 0 unspecified atom stereocenters. The Bertz CT molecular complexity index is 308. The van der Waals surface area contributed by atoms with Crippen LogP contribution < -0.4 is 29.6 Å². The van der Waals surface area contributed by atoms with Crippen LogP contribution in [0.1, 0.15) is 0 Å². The van der Waals surface area contributed by atoms with Gasteiger partial charge in [-0.15, -0.1) is 12.6 Å². The summed E-state index contributed by atoms with van der Waals surface area (Å²) in [6, 6.07) is 4.31. The number of rotatable bonds is 1. The molecule has 0 radical (unpaired) electrons. The third kappa shape index (κ3) is 2.95. The monoisotopic (exact) mass is 212 g/mol. The molecule has 0 bridgehead atoms. The summed E-state index contributed by atoms with van der Waals surface area (Å²) in [7, 11) is 0.